The molecular weight excluding hydrogens is 350 g/mol. The lowest BCUT2D eigenvalue weighted by atomic mass is 9.95. The van der Waals surface area contributed by atoms with Crippen LogP contribution in [0.5, 0.6) is 0 Å². The van der Waals surface area contributed by atoms with Crippen LogP contribution in [0.2, 0.25) is 0 Å². The summed E-state index contributed by atoms with van der Waals surface area (Å²) < 4.78 is 5.87. The molecule has 27 heavy (non-hydrogen) atoms. The first kappa shape index (κ1) is 23.6. The lowest BCUT2D eigenvalue weighted by molar-refractivity contribution is -0.134. The van der Waals surface area contributed by atoms with Crippen LogP contribution in [0, 0.1) is 0 Å². The predicted molar refractivity (Wildman–Crippen MR) is 103 cm³/mol. The van der Waals surface area contributed by atoms with E-state index in [1.807, 2.05) is 0 Å². The highest BCUT2D eigenvalue weighted by molar-refractivity contribution is 5.89. The molecule has 0 radical (unpaired) electrons. The van der Waals surface area contributed by atoms with Gasteiger partial charge >= 0.3 is 11.9 Å². The van der Waals surface area contributed by atoms with E-state index >= 15 is 0 Å². The van der Waals surface area contributed by atoms with E-state index in [2.05, 4.69) is 5.32 Å². The zero-order valence-electron chi connectivity index (χ0n) is 16.1. The summed E-state index contributed by atoms with van der Waals surface area (Å²) in [6.45, 7) is 1.20. The van der Waals surface area contributed by atoms with Gasteiger partial charge in [0.1, 0.15) is 0 Å². The summed E-state index contributed by atoms with van der Waals surface area (Å²) in [5.74, 6) is -2.51. The fraction of sp³-hybridized carbons (Fsp3) is 0.800. The van der Waals surface area contributed by atoms with Crippen molar-refractivity contribution in [2.24, 2.45) is 0 Å². The molecule has 0 spiro atoms. The van der Waals surface area contributed by atoms with Crippen LogP contribution in [-0.4, -0.2) is 58.7 Å². The molecule has 1 atom stereocenters. The second-order valence-electron chi connectivity index (χ2n) is 7.35. The number of ether oxygens (including phenoxy) is 1. The minimum Gasteiger partial charge on any atom is -0.478 e. The fourth-order valence-corrected chi connectivity index (χ4v) is 3.47. The summed E-state index contributed by atoms with van der Waals surface area (Å²) >= 11 is 0. The summed E-state index contributed by atoms with van der Waals surface area (Å²) in [5.41, 5.74) is 0. The minimum absolute atomic E-state index is 0.342. The van der Waals surface area contributed by atoms with Gasteiger partial charge < -0.3 is 25.4 Å². The molecule has 0 bridgehead atoms. The van der Waals surface area contributed by atoms with Crippen molar-refractivity contribution >= 4 is 11.9 Å². The molecule has 0 heterocycles. The van der Waals surface area contributed by atoms with E-state index in [-0.39, 0.29) is 6.10 Å². The molecule has 2 aliphatic rings. The Labute approximate surface area is 161 Å². The van der Waals surface area contributed by atoms with E-state index in [1.165, 1.54) is 70.6 Å². The highest BCUT2D eigenvalue weighted by atomic mass is 16.5. The van der Waals surface area contributed by atoms with Gasteiger partial charge in [-0.3, -0.25) is 0 Å². The smallest absolute Gasteiger partial charge is 0.328 e. The van der Waals surface area contributed by atoms with Crippen molar-refractivity contribution in [2.45, 2.75) is 88.9 Å². The molecule has 1 unspecified atom stereocenters. The normalized spacial score (nSPS) is 20.5. The summed E-state index contributed by atoms with van der Waals surface area (Å²) in [4.78, 5) is 19.1. The molecule has 0 aliphatic heterocycles. The molecule has 4 N–H and O–H groups in total. The molecular formula is C20H35NO6. The number of carbonyl (C=O) groups is 2. The summed E-state index contributed by atoms with van der Waals surface area (Å²) in [7, 11) is 0. The average Bonchev–Trinajstić information content (AvgIpc) is 2.93. The average molecular weight is 386 g/mol. The van der Waals surface area contributed by atoms with Gasteiger partial charge in [-0.1, -0.05) is 44.9 Å². The Morgan fingerprint density at radius 2 is 1.37 bits per heavy atom. The number of rotatable bonds is 8. The van der Waals surface area contributed by atoms with E-state index < -0.39 is 11.9 Å². The maximum Gasteiger partial charge on any atom is 0.328 e. The Bertz CT molecular complexity index is 424. The molecule has 0 saturated heterocycles. The number of hydrogen-bond donors (Lipinski definition) is 4. The Kier molecular flexibility index (Phi) is 12.8. The van der Waals surface area contributed by atoms with Crippen LogP contribution >= 0.6 is 0 Å². The molecule has 2 aliphatic carbocycles. The Morgan fingerprint density at radius 1 is 0.889 bits per heavy atom. The Morgan fingerprint density at radius 3 is 1.89 bits per heavy atom. The number of hydrogen-bond acceptors (Lipinski definition) is 5. The second-order valence-corrected chi connectivity index (χ2v) is 7.35. The minimum atomic E-state index is -1.26. The molecule has 7 nitrogen and oxygen atoms in total. The molecule has 0 aromatic heterocycles. The van der Waals surface area contributed by atoms with Crippen LogP contribution in [-0.2, 0) is 14.3 Å². The highest BCUT2D eigenvalue weighted by Crippen LogP contribution is 2.20. The lowest BCUT2D eigenvalue weighted by Gasteiger charge is -2.25. The number of aliphatic hydroxyl groups is 1. The van der Waals surface area contributed by atoms with Gasteiger partial charge in [-0.25, -0.2) is 9.59 Å². The van der Waals surface area contributed by atoms with Gasteiger partial charge in [-0.05, 0) is 25.7 Å². The fourth-order valence-electron chi connectivity index (χ4n) is 3.47. The van der Waals surface area contributed by atoms with Gasteiger partial charge in [-0.2, -0.15) is 0 Å². The van der Waals surface area contributed by atoms with Crippen molar-refractivity contribution < 1.29 is 29.6 Å². The number of nitrogens with one attached hydrogen (secondary N) is 1. The maximum atomic E-state index is 9.99. The molecule has 2 rings (SSSR count). The standard InChI is InChI=1S/C16H31NO2.C4H4O4/c18-15(12-17-14-8-4-3-5-9-14)13-19-16-10-6-1-2-7-11-16;5-3(6)1-2-4(7)8/h14-18H,1-13H2;1-2H,(H,5,6)(H,7,8)/b;2-1+. The van der Waals surface area contributed by atoms with Crippen molar-refractivity contribution in [2.75, 3.05) is 13.2 Å². The maximum absolute atomic E-state index is 9.99. The summed E-state index contributed by atoms with van der Waals surface area (Å²) in [6.07, 6.45) is 15.4. The summed E-state index contributed by atoms with van der Waals surface area (Å²) in [6, 6.07) is 0.626. The van der Waals surface area contributed by atoms with Gasteiger partial charge in [0, 0.05) is 24.7 Å². The zero-order chi connectivity index (χ0) is 19.9. The van der Waals surface area contributed by atoms with Crippen LogP contribution in [0.15, 0.2) is 12.2 Å². The topological polar surface area (TPSA) is 116 Å². The molecule has 7 heteroatoms. The van der Waals surface area contributed by atoms with Crippen molar-refractivity contribution in [3.05, 3.63) is 12.2 Å². The number of carboxylic acids is 2. The molecule has 0 amide bonds. The second kappa shape index (κ2) is 14.6. The third-order valence-corrected chi connectivity index (χ3v) is 4.94. The van der Waals surface area contributed by atoms with Crippen LogP contribution in [0.25, 0.3) is 0 Å². The van der Waals surface area contributed by atoms with Gasteiger partial charge in [0.05, 0.1) is 18.8 Å². The van der Waals surface area contributed by atoms with Crippen molar-refractivity contribution in [3.8, 4) is 0 Å². The van der Waals surface area contributed by atoms with Crippen LogP contribution in [0.3, 0.4) is 0 Å². The number of carboxylic acid groups (broad SMARTS) is 2. The lowest BCUT2D eigenvalue weighted by Crippen LogP contribution is -2.39. The zero-order valence-corrected chi connectivity index (χ0v) is 16.1. The van der Waals surface area contributed by atoms with E-state index in [1.54, 1.807) is 0 Å². The van der Waals surface area contributed by atoms with Crippen LogP contribution in [0.4, 0.5) is 0 Å². The number of aliphatic hydroxyl groups excluding tert-OH is 1. The van der Waals surface area contributed by atoms with Crippen LogP contribution < -0.4 is 5.32 Å². The van der Waals surface area contributed by atoms with Crippen molar-refractivity contribution in [1.29, 1.82) is 0 Å². The Balaban J connectivity index is 0.000000387. The SMILES string of the molecule is O=C(O)/C=C/C(=O)O.OC(CNC1CCCCC1)COC1CCCCCC1. The van der Waals surface area contributed by atoms with E-state index in [9.17, 15) is 14.7 Å². The van der Waals surface area contributed by atoms with Crippen molar-refractivity contribution in [1.82, 2.24) is 5.32 Å². The van der Waals surface area contributed by atoms with Gasteiger partial charge in [0.25, 0.3) is 0 Å². The number of aliphatic carboxylic acids is 2. The first-order chi connectivity index (χ1) is 13.0. The molecule has 0 aromatic rings. The van der Waals surface area contributed by atoms with Gasteiger partial charge in [0.2, 0.25) is 0 Å². The quantitative estimate of drug-likeness (QED) is 0.375. The van der Waals surface area contributed by atoms with E-state index in [4.69, 9.17) is 14.9 Å². The van der Waals surface area contributed by atoms with Crippen molar-refractivity contribution in [3.63, 3.8) is 0 Å². The third-order valence-electron chi connectivity index (χ3n) is 4.94. The monoisotopic (exact) mass is 385 g/mol. The van der Waals surface area contributed by atoms with Crippen LogP contribution in [0.1, 0.15) is 70.6 Å². The molecule has 0 aromatic carbocycles. The molecule has 156 valence electrons. The predicted octanol–water partition coefficient (Wildman–Crippen LogP) is 2.72. The third kappa shape index (κ3) is 13.4. The van der Waals surface area contributed by atoms with Gasteiger partial charge in [0.15, 0.2) is 0 Å². The first-order valence-electron chi connectivity index (χ1n) is 10.1. The molecule has 2 fully saturated rings. The Hall–Kier alpha value is -1.44. The van der Waals surface area contributed by atoms with E-state index in [0.717, 1.165) is 0 Å². The van der Waals surface area contributed by atoms with Gasteiger partial charge in [-0.15, -0.1) is 0 Å². The molecule has 2 saturated carbocycles. The highest BCUT2D eigenvalue weighted by Gasteiger charge is 2.17. The van der Waals surface area contributed by atoms with E-state index in [0.29, 0.717) is 37.4 Å². The summed E-state index contributed by atoms with van der Waals surface area (Å²) in [5, 5.41) is 29.1. The first-order valence-corrected chi connectivity index (χ1v) is 10.1. The largest absolute Gasteiger partial charge is 0.478 e.